The molecule has 0 fully saturated rings. The van der Waals surface area contributed by atoms with Gasteiger partial charge in [-0.1, -0.05) is 127 Å². The molecule has 1 heterocycles. The minimum absolute atomic E-state index is 1.13. The number of benzene rings is 9. The molecular formula is C46H29NS. The molecule has 224 valence electrons. The quantitative estimate of drug-likeness (QED) is 0.176. The Labute approximate surface area is 282 Å². The summed E-state index contributed by atoms with van der Waals surface area (Å²) in [7, 11) is 0. The normalized spacial score (nSPS) is 11.8. The van der Waals surface area contributed by atoms with Gasteiger partial charge in [0.25, 0.3) is 0 Å². The number of rotatable bonds is 4. The van der Waals surface area contributed by atoms with Crippen molar-refractivity contribution in [2.45, 2.75) is 0 Å². The third-order valence-corrected chi connectivity index (χ3v) is 11.0. The molecule has 0 aliphatic heterocycles. The van der Waals surface area contributed by atoms with Crippen molar-refractivity contribution in [2.24, 2.45) is 0 Å². The molecular weight excluding hydrogens is 599 g/mol. The molecule has 1 aromatic heterocycles. The van der Waals surface area contributed by atoms with Gasteiger partial charge < -0.3 is 4.90 Å². The zero-order valence-electron chi connectivity index (χ0n) is 26.1. The van der Waals surface area contributed by atoms with E-state index in [2.05, 4.69) is 181 Å². The van der Waals surface area contributed by atoms with E-state index < -0.39 is 0 Å². The largest absolute Gasteiger partial charge is 0.310 e. The van der Waals surface area contributed by atoms with E-state index in [4.69, 9.17) is 0 Å². The maximum absolute atomic E-state index is 2.39. The van der Waals surface area contributed by atoms with E-state index in [1.807, 2.05) is 11.3 Å². The highest BCUT2D eigenvalue weighted by Gasteiger charge is 2.17. The first-order valence-corrected chi connectivity index (χ1v) is 17.2. The summed E-state index contributed by atoms with van der Waals surface area (Å²) in [6.07, 6.45) is 0. The second kappa shape index (κ2) is 10.8. The molecule has 0 aliphatic carbocycles. The Morgan fingerprint density at radius 2 is 0.896 bits per heavy atom. The number of anilines is 3. The maximum Gasteiger partial charge on any atom is 0.0468 e. The number of thiophene rings is 1. The Morgan fingerprint density at radius 3 is 1.58 bits per heavy atom. The van der Waals surface area contributed by atoms with Crippen LogP contribution in [0.5, 0.6) is 0 Å². The molecule has 0 bridgehead atoms. The average molecular weight is 628 g/mol. The van der Waals surface area contributed by atoms with Crippen LogP contribution in [0.2, 0.25) is 0 Å². The van der Waals surface area contributed by atoms with Gasteiger partial charge in [-0.15, -0.1) is 11.3 Å². The first-order valence-electron chi connectivity index (χ1n) is 16.4. The number of hydrogen-bond donors (Lipinski definition) is 0. The SMILES string of the molecule is c1ccc2cc(N(c3ccc(-c4cc5ccc6c7ccccc7sc6c5c5ccccc45)cc3)c3ccc4ccccc4c3)ccc2c1. The summed E-state index contributed by atoms with van der Waals surface area (Å²) in [5.74, 6) is 0. The molecule has 10 aromatic rings. The number of hydrogen-bond acceptors (Lipinski definition) is 2. The van der Waals surface area contributed by atoms with Crippen molar-refractivity contribution in [1.29, 1.82) is 0 Å². The van der Waals surface area contributed by atoms with Gasteiger partial charge in [0, 0.05) is 42.6 Å². The van der Waals surface area contributed by atoms with Gasteiger partial charge in [-0.3, -0.25) is 0 Å². The Balaban J connectivity index is 1.14. The summed E-state index contributed by atoms with van der Waals surface area (Å²) in [6.45, 7) is 0. The van der Waals surface area contributed by atoms with Gasteiger partial charge in [0.1, 0.15) is 0 Å². The fourth-order valence-corrected chi connectivity index (χ4v) is 8.75. The predicted octanol–water partition coefficient (Wildman–Crippen LogP) is 13.8. The van der Waals surface area contributed by atoms with Gasteiger partial charge in [-0.05, 0) is 97.4 Å². The monoisotopic (exact) mass is 627 g/mol. The van der Waals surface area contributed by atoms with Crippen molar-refractivity contribution in [3.63, 3.8) is 0 Å². The van der Waals surface area contributed by atoms with Crippen LogP contribution in [0.15, 0.2) is 176 Å². The smallest absolute Gasteiger partial charge is 0.0468 e. The summed E-state index contributed by atoms with van der Waals surface area (Å²) >= 11 is 1.90. The van der Waals surface area contributed by atoms with Crippen LogP contribution in [0.3, 0.4) is 0 Å². The van der Waals surface area contributed by atoms with Crippen LogP contribution in [0.1, 0.15) is 0 Å². The Bertz CT molecular complexity index is 2760. The van der Waals surface area contributed by atoms with Crippen molar-refractivity contribution >= 4 is 91.7 Å². The fourth-order valence-electron chi connectivity index (χ4n) is 7.48. The van der Waals surface area contributed by atoms with Gasteiger partial charge in [0.05, 0.1) is 0 Å². The van der Waals surface area contributed by atoms with E-state index in [0.717, 1.165) is 17.1 Å². The summed E-state index contributed by atoms with van der Waals surface area (Å²) in [6, 6.07) is 64.5. The zero-order valence-corrected chi connectivity index (χ0v) is 26.9. The van der Waals surface area contributed by atoms with E-state index in [1.165, 1.54) is 74.4 Å². The molecule has 0 radical (unpaired) electrons. The van der Waals surface area contributed by atoms with Crippen LogP contribution in [-0.4, -0.2) is 0 Å². The van der Waals surface area contributed by atoms with Crippen LogP contribution < -0.4 is 4.90 Å². The molecule has 0 saturated carbocycles. The zero-order chi connectivity index (χ0) is 31.6. The average Bonchev–Trinajstić information content (AvgIpc) is 3.54. The number of fused-ring (bicyclic) bond motifs is 9. The number of nitrogens with zero attached hydrogens (tertiary/aromatic N) is 1. The summed E-state index contributed by atoms with van der Waals surface area (Å²) in [5.41, 5.74) is 5.88. The lowest BCUT2D eigenvalue weighted by Gasteiger charge is -2.26. The van der Waals surface area contributed by atoms with Crippen molar-refractivity contribution in [3.8, 4) is 11.1 Å². The van der Waals surface area contributed by atoms with Crippen molar-refractivity contribution in [1.82, 2.24) is 0 Å². The Morgan fingerprint density at radius 1 is 0.354 bits per heavy atom. The molecule has 0 atom stereocenters. The molecule has 0 unspecified atom stereocenters. The third-order valence-electron chi connectivity index (χ3n) is 9.78. The van der Waals surface area contributed by atoms with E-state index in [0.29, 0.717) is 0 Å². The Kier molecular flexibility index (Phi) is 6.12. The van der Waals surface area contributed by atoms with Gasteiger partial charge in [-0.25, -0.2) is 0 Å². The first kappa shape index (κ1) is 27.2. The third kappa shape index (κ3) is 4.31. The molecule has 0 spiro atoms. The first-order chi connectivity index (χ1) is 23.8. The minimum atomic E-state index is 1.13. The van der Waals surface area contributed by atoms with E-state index >= 15 is 0 Å². The van der Waals surface area contributed by atoms with Crippen LogP contribution in [0.25, 0.3) is 74.4 Å². The molecule has 0 N–H and O–H groups in total. The summed E-state index contributed by atoms with van der Waals surface area (Å²) in [5, 5.41) is 12.8. The highest BCUT2D eigenvalue weighted by molar-refractivity contribution is 7.26. The molecule has 0 saturated heterocycles. The van der Waals surface area contributed by atoms with E-state index in [1.54, 1.807) is 0 Å². The lowest BCUT2D eigenvalue weighted by molar-refractivity contribution is 1.29. The van der Waals surface area contributed by atoms with E-state index in [9.17, 15) is 0 Å². The topological polar surface area (TPSA) is 3.24 Å². The standard InChI is InChI=1S/C46H29NS/c1-3-11-33-27-37(24-17-30(33)9-1)47(38-25-18-31-10-2-4-12-34(31)28-38)36-22-19-32(20-23-36)43-29-35-21-26-42-40-14-7-8-16-44(40)48-46(42)45(35)41-15-6-5-13-39(41)43/h1-29H. The molecule has 0 amide bonds. The van der Waals surface area contributed by atoms with Gasteiger partial charge >= 0.3 is 0 Å². The molecule has 1 nitrogen and oxygen atoms in total. The molecule has 48 heavy (non-hydrogen) atoms. The van der Waals surface area contributed by atoms with Gasteiger partial charge in [-0.2, -0.15) is 0 Å². The van der Waals surface area contributed by atoms with Crippen LogP contribution in [0.4, 0.5) is 17.1 Å². The van der Waals surface area contributed by atoms with Gasteiger partial charge in [0.2, 0.25) is 0 Å². The van der Waals surface area contributed by atoms with Crippen LogP contribution in [-0.2, 0) is 0 Å². The molecule has 9 aromatic carbocycles. The fraction of sp³-hybridized carbons (Fsp3) is 0. The van der Waals surface area contributed by atoms with Crippen molar-refractivity contribution in [3.05, 3.63) is 176 Å². The second-order valence-corrected chi connectivity index (χ2v) is 13.6. The van der Waals surface area contributed by atoms with Crippen molar-refractivity contribution in [2.75, 3.05) is 4.90 Å². The predicted molar refractivity (Wildman–Crippen MR) is 209 cm³/mol. The summed E-state index contributed by atoms with van der Waals surface area (Å²) < 4.78 is 2.71. The molecule has 10 rings (SSSR count). The maximum atomic E-state index is 2.39. The van der Waals surface area contributed by atoms with Crippen molar-refractivity contribution < 1.29 is 0 Å². The highest BCUT2D eigenvalue weighted by atomic mass is 32.1. The van der Waals surface area contributed by atoms with Crippen LogP contribution in [0, 0.1) is 0 Å². The molecule has 0 aliphatic rings. The minimum Gasteiger partial charge on any atom is -0.310 e. The lowest BCUT2D eigenvalue weighted by Crippen LogP contribution is -2.09. The molecule has 2 heteroatoms. The van der Waals surface area contributed by atoms with E-state index in [-0.39, 0.29) is 0 Å². The lowest BCUT2D eigenvalue weighted by atomic mass is 9.92. The van der Waals surface area contributed by atoms with Crippen LogP contribution >= 0.6 is 11.3 Å². The Hall–Kier alpha value is -5.96. The van der Waals surface area contributed by atoms with Gasteiger partial charge in [0.15, 0.2) is 0 Å². The summed E-state index contributed by atoms with van der Waals surface area (Å²) in [4.78, 5) is 2.37. The highest BCUT2D eigenvalue weighted by Crippen LogP contribution is 2.44. The second-order valence-electron chi connectivity index (χ2n) is 12.6.